The van der Waals surface area contributed by atoms with Crippen LogP contribution in [0.3, 0.4) is 0 Å². The summed E-state index contributed by atoms with van der Waals surface area (Å²) in [6.07, 6.45) is 15.8. The second-order valence-corrected chi connectivity index (χ2v) is 5.17. The molecule has 0 aromatic rings. The van der Waals surface area contributed by atoms with E-state index in [2.05, 4.69) is 12.1 Å². The first-order valence-electron chi connectivity index (χ1n) is 7.61. The van der Waals surface area contributed by atoms with Crippen LogP contribution in [0.15, 0.2) is 5.16 Å². The zero-order valence-electron chi connectivity index (χ0n) is 11.5. The fourth-order valence-electron chi connectivity index (χ4n) is 2.34. The molecule has 0 bridgehead atoms. The fourth-order valence-corrected chi connectivity index (χ4v) is 2.34. The molecule has 0 atom stereocenters. The maximum absolute atomic E-state index is 5.33. The van der Waals surface area contributed by atoms with E-state index in [-0.39, 0.29) is 0 Å². The first-order valence-corrected chi connectivity index (χ1v) is 7.61. The standard InChI is InChI=1S/C15H29NO/c1-2-14-17-16-15-12-10-8-6-4-3-5-7-9-11-13-15/h2-14H2,1H3. The van der Waals surface area contributed by atoms with Crippen LogP contribution in [0.5, 0.6) is 0 Å². The van der Waals surface area contributed by atoms with Gasteiger partial charge in [-0.15, -0.1) is 0 Å². The molecule has 0 aromatic heterocycles. The molecule has 0 heterocycles. The van der Waals surface area contributed by atoms with Crippen LogP contribution >= 0.6 is 0 Å². The van der Waals surface area contributed by atoms with Gasteiger partial charge < -0.3 is 4.84 Å². The third-order valence-electron chi connectivity index (χ3n) is 3.42. The van der Waals surface area contributed by atoms with E-state index in [9.17, 15) is 0 Å². The van der Waals surface area contributed by atoms with Crippen LogP contribution in [0, 0.1) is 0 Å². The second-order valence-electron chi connectivity index (χ2n) is 5.17. The largest absolute Gasteiger partial charge is 0.396 e. The number of nitrogens with zero attached hydrogens (tertiary/aromatic N) is 1. The zero-order valence-corrected chi connectivity index (χ0v) is 11.5. The fraction of sp³-hybridized carbons (Fsp3) is 0.933. The molecule has 2 nitrogen and oxygen atoms in total. The van der Waals surface area contributed by atoms with Crippen LogP contribution in [0.4, 0.5) is 0 Å². The predicted octanol–water partition coefficient (Wildman–Crippen LogP) is 5.07. The van der Waals surface area contributed by atoms with E-state index in [0.29, 0.717) is 0 Å². The Hall–Kier alpha value is -0.530. The molecule has 100 valence electrons. The van der Waals surface area contributed by atoms with Crippen molar-refractivity contribution >= 4 is 5.71 Å². The summed E-state index contributed by atoms with van der Waals surface area (Å²) in [5.74, 6) is 0. The molecule has 0 spiro atoms. The van der Waals surface area contributed by atoms with Crippen LogP contribution in [-0.4, -0.2) is 12.3 Å². The van der Waals surface area contributed by atoms with Gasteiger partial charge in [0.15, 0.2) is 0 Å². The van der Waals surface area contributed by atoms with Gasteiger partial charge in [0.1, 0.15) is 6.61 Å². The van der Waals surface area contributed by atoms with Gasteiger partial charge in [-0.25, -0.2) is 0 Å². The SMILES string of the molecule is CCCON=C1CCCCCCCCCCC1. The molecule has 0 aromatic carbocycles. The quantitative estimate of drug-likeness (QED) is 0.497. The van der Waals surface area contributed by atoms with Crippen LogP contribution in [-0.2, 0) is 4.84 Å². The molecule has 1 saturated carbocycles. The highest BCUT2D eigenvalue weighted by molar-refractivity contribution is 5.83. The summed E-state index contributed by atoms with van der Waals surface area (Å²) in [6.45, 7) is 2.89. The summed E-state index contributed by atoms with van der Waals surface area (Å²) in [5, 5.41) is 4.32. The van der Waals surface area contributed by atoms with Crippen molar-refractivity contribution in [1.82, 2.24) is 0 Å². The third kappa shape index (κ3) is 8.23. The van der Waals surface area contributed by atoms with E-state index in [0.717, 1.165) is 25.9 Å². The third-order valence-corrected chi connectivity index (χ3v) is 3.42. The topological polar surface area (TPSA) is 21.6 Å². The van der Waals surface area contributed by atoms with Crippen molar-refractivity contribution in [2.24, 2.45) is 5.16 Å². The Morgan fingerprint density at radius 3 is 1.76 bits per heavy atom. The number of rotatable bonds is 3. The van der Waals surface area contributed by atoms with Crippen molar-refractivity contribution in [2.75, 3.05) is 6.61 Å². The van der Waals surface area contributed by atoms with Gasteiger partial charge in [0.25, 0.3) is 0 Å². The van der Waals surface area contributed by atoms with Crippen molar-refractivity contribution in [3.63, 3.8) is 0 Å². The van der Waals surface area contributed by atoms with Crippen LogP contribution < -0.4 is 0 Å². The minimum atomic E-state index is 0.767. The summed E-state index contributed by atoms with van der Waals surface area (Å²) in [6, 6.07) is 0. The van der Waals surface area contributed by atoms with E-state index in [1.54, 1.807) is 0 Å². The molecule has 1 aliphatic carbocycles. The molecule has 0 saturated heterocycles. The number of hydrogen-bond acceptors (Lipinski definition) is 2. The van der Waals surface area contributed by atoms with E-state index >= 15 is 0 Å². The highest BCUT2D eigenvalue weighted by Gasteiger charge is 2.03. The smallest absolute Gasteiger partial charge is 0.116 e. The van der Waals surface area contributed by atoms with E-state index in [1.165, 1.54) is 63.5 Å². The van der Waals surface area contributed by atoms with Crippen LogP contribution in [0.25, 0.3) is 0 Å². The van der Waals surface area contributed by atoms with E-state index in [4.69, 9.17) is 4.84 Å². The monoisotopic (exact) mass is 239 g/mol. The lowest BCUT2D eigenvalue weighted by Gasteiger charge is -2.09. The first kappa shape index (κ1) is 14.5. The number of hydrogen-bond donors (Lipinski definition) is 0. The van der Waals surface area contributed by atoms with Gasteiger partial charge in [0.05, 0.1) is 5.71 Å². The Kier molecular flexibility index (Phi) is 9.07. The Labute approximate surface area is 107 Å². The first-order chi connectivity index (χ1) is 8.43. The van der Waals surface area contributed by atoms with Crippen LogP contribution in [0.1, 0.15) is 84.0 Å². The lowest BCUT2D eigenvalue weighted by atomic mass is 10.00. The average Bonchev–Trinajstić information content (AvgIpc) is 2.32. The summed E-state index contributed by atoms with van der Waals surface area (Å²) >= 11 is 0. The molecule has 0 N–H and O–H groups in total. The van der Waals surface area contributed by atoms with E-state index < -0.39 is 0 Å². The molecule has 0 unspecified atom stereocenters. The van der Waals surface area contributed by atoms with E-state index in [1.807, 2.05) is 0 Å². The van der Waals surface area contributed by atoms with Crippen molar-refractivity contribution in [3.05, 3.63) is 0 Å². The Morgan fingerprint density at radius 2 is 1.29 bits per heavy atom. The molecule has 0 aliphatic heterocycles. The van der Waals surface area contributed by atoms with Gasteiger partial charge in [-0.1, -0.05) is 57.0 Å². The molecule has 17 heavy (non-hydrogen) atoms. The number of oxime groups is 1. The van der Waals surface area contributed by atoms with Crippen molar-refractivity contribution in [3.8, 4) is 0 Å². The molecule has 1 fully saturated rings. The normalized spacial score (nSPS) is 20.2. The van der Waals surface area contributed by atoms with Crippen LogP contribution in [0.2, 0.25) is 0 Å². The molecule has 1 rings (SSSR count). The Morgan fingerprint density at radius 1 is 0.824 bits per heavy atom. The summed E-state index contributed by atoms with van der Waals surface area (Å²) in [4.78, 5) is 5.33. The summed E-state index contributed by atoms with van der Waals surface area (Å²) in [7, 11) is 0. The summed E-state index contributed by atoms with van der Waals surface area (Å²) in [5.41, 5.74) is 1.30. The zero-order chi connectivity index (χ0) is 12.2. The Balaban J connectivity index is 2.29. The van der Waals surface area contributed by atoms with Crippen molar-refractivity contribution in [1.29, 1.82) is 0 Å². The minimum Gasteiger partial charge on any atom is -0.396 e. The maximum atomic E-state index is 5.33. The lowest BCUT2D eigenvalue weighted by molar-refractivity contribution is 0.143. The minimum absolute atomic E-state index is 0.767. The Bertz CT molecular complexity index is 187. The highest BCUT2D eigenvalue weighted by Crippen LogP contribution is 2.15. The molecular formula is C15H29NO. The predicted molar refractivity (Wildman–Crippen MR) is 74.5 cm³/mol. The lowest BCUT2D eigenvalue weighted by Crippen LogP contribution is -2.01. The van der Waals surface area contributed by atoms with Gasteiger partial charge in [-0.2, -0.15) is 0 Å². The molecule has 1 aliphatic rings. The van der Waals surface area contributed by atoms with Gasteiger partial charge >= 0.3 is 0 Å². The van der Waals surface area contributed by atoms with Crippen molar-refractivity contribution in [2.45, 2.75) is 84.0 Å². The molecule has 0 amide bonds. The second kappa shape index (κ2) is 10.6. The molecule has 0 radical (unpaired) electrons. The maximum Gasteiger partial charge on any atom is 0.116 e. The van der Waals surface area contributed by atoms with Crippen molar-refractivity contribution < 1.29 is 4.84 Å². The van der Waals surface area contributed by atoms with Gasteiger partial charge in [0.2, 0.25) is 0 Å². The average molecular weight is 239 g/mol. The molecular weight excluding hydrogens is 210 g/mol. The van der Waals surface area contributed by atoms with Gasteiger partial charge in [-0.3, -0.25) is 0 Å². The molecule has 2 heteroatoms. The highest BCUT2D eigenvalue weighted by atomic mass is 16.6. The van der Waals surface area contributed by atoms with Gasteiger partial charge in [0, 0.05) is 0 Å². The van der Waals surface area contributed by atoms with Gasteiger partial charge in [-0.05, 0) is 32.1 Å². The summed E-state index contributed by atoms with van der Waals surface area (Å²) < 4.78 is 0.